The Balaban J connectivity index is 1.62. The average molecular weight is 360 g/mol. The lowest BCUT2D eigenvalue weighted by Gasteiger charge is -2.14. The van der Waals surface area contributed by atoms with Crippen molar-refractivity contribution in [2.24, 2.45) is 0 Å². The maximum absolute atomic E-state index is 12.3. The van der Waals surface area contributed by atoms with Crippen LogP contribution in [0.5, 0.6) is 0 Å². The van der Waals surface area contributed by atoms with Gasteiger partial charge < -0.3 is 4.74 Å². The summed E-state index contributed by atoms with van der Waals surface area (Å²) in [6.45, 7) is 5.59. The normalized spacial score (nSPS) is 11.6. The summed E-state index contributed by atoms with van der Waals surface area (Å²) in [7, 11) is 0. The SMILES string of the molecule is C=Cc1ccc(C(=O)OC(C)c2ccc(Sc3ccccc3)cc2)cc1. The fourth-order valence-corrected chi connectivity index (χ4v) is 3.32. The van der Waals surface area contributed by atoms with E-state index in [-0.39, 0.29) is 12.1 Å². The van der Waals surface area contributed by atoms with Crippen molar-refractivity contribution in [3.05, 3.63) is 102 Å². The molecule has 26 heavy (non-hydrogen) atoms. The summed E-state index contributed by atoms with van der Waals surface area (Å²) in [5.41, 5.74) is 2.48. The van der Waals surface area contributed by atoms with E-state index >= 15 is 0 Å². The maximum Gasteiger partial charge on any atom is 0.338 e. The Morgan fingerprint density at radius 2 is 1.54 bits per heavy atom. The summed E-state index contributed by atoms with van der Waals surface area (Å²) in [6.07, 6.45) is 1.43. The highest BCUT2D eigenvalue weighted by Crippen LogP contribution is 2.29. The van der Waals surface area contributed by atoms with Crippen molar-refractivity contribution in [1.29, 1.82) is 0 Å². The smallest absolute Gasteiger partial charge is 0.338 e. The van der Waals surface area contributed by atoms with E-state index < -0.39 is 0 Å². The molecule has 0 radical (unpaired) electrons. The molecule has 1 atom stereocenters. The molecule has 0 heterocycles. The lowest BCUT2D eigenvalue weighted by molar-refractivity contribution is 0.0338. The minimum absolute atomic E-state index is 0.308. The molecule has 0 N–H and O–H groups in total. The first-order chi connectivity index (χ1) is 12.7. The third-order valence-corrected chi connectivity index (χ3v) is 5.01. The summed E-state index contributed by atoms with van der Waals surface area (Å²) in [5.74, 6) is -0.323. The van der Waals surface area contributed by atoms with Gasteiger partial charge in [0, 0.05) is 9.79 Å². The largest absolute Gasteiger partial charge is 0.454 e. The fraction of sp³-hybridized carbons (Fsp3) is 0.0870. The van der Waals surface area contributed by atoms with Crippen molar-refractivity contribution in [1.82, 2.24) is 0 Å². The highest BCUT2D eigenvalue weighted by atomic mass is 32.2. The lowest BCUT2D eigenvalue weighted by atomic mass is 10.1. The molecule has 0 aliphatic carbocycles. The van der Waals surface area contributed by atoms with Gasteiger partial charge in [-0.1, -0.05) is 66.9 Å². The molecular formula is C23H20O2S. The highest BCUT2D eigenvalue weighted by Gasteiger charge is 2.13. The van der Waals surface area contributed by atoms with Crippen LogP contribution in [0.25, 0.3) is 6.08 Å². The van der Waals surface area contributed by atoms with E-state index in [0.717, 1.165) is 16.0 Å². The first kappa shape index (κ1) is 18.0. The van der Waals surface area contributed by atoms with Crippen LogP contribution >= 0.6 is 11.8 Å². The molecular weight excluding hydrogens is 340 g/mol. The second-order valence-electron chi connectivity index (χ2n) is 5.86. The third kappa shape index (κ3) is 4.64. The summed E-state index contributed by atoms with van der Waals surface area (Å²) >= 11 is 1.71. The van der Waals surface area contributed by atoms with Crippen molar-refractivity contribution >= 4 is 23.8 Å². The van der Waals surface area contributed by atoms with Gasteiger partial charge in [-0.3, -0.25) is 0 Å². The van der Waals surface area contributed by atoms with Crippen molar-refractivity contribution in [2.45, 2.75) is 22.8 Å². The number of ether oxygens (including phenoxy) is 1. The van der Waals surface area contributed by atoms with Gasteiger partial charge in [-0.2, -0.15) is 0 Å². The molecule has 0 saturated carbocycles. The summed E-state index contributed by atoms with van der Waals surface area (Å²) in [4.78, 5) is 14.6. The number of carbonyl (C=O) groups excluding carboxylic acids is 1. The quantitative estimate of drug-likeness (QED) is 0.476. The first-order valence-corrected chi connectivity index (χ1v) is 9.24. The van der Waals surface area contributed by atoms with E-state index in [4.69, 9.17) is 4.74 Å². The molecule has 0 aliphatic rings. The van der Waals surface area contributed by atoms with E-state index in [9.17, 15) is 4.79 Å². The van der Waals surface area contributed by atoms with E-state index in [2.05, 4.69) is 30.8 Å². The van der Waals surface area contributed by atoms with Crippen molar-refractivity contribution in [2.75, 3.05) is 0 Å². The van der Waals surface area contributed by atoms with Crippen LogP contribution in [-0.4, -0.2) is 5.97 Å². The van der Waals surface area contributed by atoms with Gasteiger partial charge in [0.2, 0.25) is 0 Å². The molecule has 2 nitrogen and oxygen atoms in total. The van der Waals surface area contributed by atoms with Gasteiger partial charge in [-0.15, -0.1) is 0 Å². The Hall–Kier alpha value is -2.78. The van der Waals surface area contributed by atoms with Gasteiger partial charge in [-0.25, -0.2) is 4.79 Å². The van der Waals surface area contributed by atoms with Crippen LogP contribution in [0.2, 0.25) is 0 Å². The highest BCUT2D eigenvalue weighted by molar-refractivity contribution is 7.99. The molecule has 3 aromatic carbocycles. The van der Waals surface area contributed by atoms with Crippen molar-refractivity contribution in [3.8, 4) is 0 Å². The van der Waals surface area contributed by atoms with Crippen LogP contribution in [0.15, 0.2) is 95.2 Å². The molecule has 130 valence electrons. The Bertz CT molecular complexity index is 868. The standard InChI is InChI=1S/C23H20O2S/c1-3-18-9-11-20(12-10-18)23(24)25-17(2)19-13-15-22(16-14-19)26-21-7-5-4-6-8-21/h3-17H,1H2,2H3. The van der Waals surface area contributed by atoms with Crippen molar-refractivity contribution < 1.29 is 9.53 Å². The fourth-order valence-electron chi connectivity index (χ4n) is 2.48. The summed E-state index contributed by atoms with van der Waals surface area (Å²) < 4.78 is 5.58. The Labute approximate surface area is 158 Å². The van der Waals surface area contributed by atoms with Gasteiger partial charge >= 0.3 is 5.97 Å². The van der Waals surface area contributed by atoms with Gasteiger partial charge in [0.25, 0.3) is 0 Å². The molecule has 0 aromatic heterocycles. The molecule has 0 fully saturated rings. The molecule has 3 aromatic rings. The molecule has 0 spiro atoms. The zero-order valence-corrected chi connectivity index (χ0v) is 15.4. The number of rotatable bonds is 6. The van der Waals surface area contributed by atoms with Gasteiger partial charge in [0.1, 0.15) is 6.10 Å². The summed E-state index contributed by atoms with van der Waals surface area (Å²) in [6, 6.07) is 25.6. The monoisotopic (exact) mass is 360 g/mol. The summed E-state index contributed by atoms with van der Waals surface area (Å²) in [5, 5.41) is 0. The van der Waals surface area contributed by atoms with Gasteiger partial charge in [-0.05, 0) is 54.4 Å². The molecule has 0 aliphatic heterocycles. The van der Waals surface area contributed by atoms with Crippen LogP contribution in [-0.2, 0) is 4.74 Å². The minimum Gasteiger partial charge on any atom is -0.454 e. The van der Waals surface area contributed by atoms with Crippen LogP contribution in [0.1, 0.15) is 34.5 Å². The Kier molecular flexibility index (Phi) is 5.92. The Morgan fingerprint density at radius 3 is 2.15 bits per heavy atom. The lowest BCUT2D eigenvalue weighted by Crippen LogP contribution is -2.09. The van der Waals surface area contributed by atoms with E-state index in [1.807, 2.05) is 49.4 Å². The Morgan fingerprint density at radius 1 is 0.923 bits per heavy atom. The van der Waals surface area contributed by atoms with E-state index in [1.54, 1.807) is 30.0 Å². The topological polar surface area (TPSA) is 26.3 Å². The molecule has 0 bridgehead atoms. The number of carbonyl (C=O) groups is 1. The molecule has 3 rings (SSSR count). The maximum atomic E-state index is 12.3. The first-order valence-electron chi connectivity index (χ1n) is 8.42. The van der Waals surface area contributed by atoms with E-state index in [1.165, 1.54) is 4.90 Å². The number of esters is 1. The number of hydrogen-bond acceptors (Lipinski definition) is 3. The van der Waals surface area contributed by atoms with Gasteiger partial charge in [0.05, 0.1) is 5.56 Å². The zero-order valence-electron chi connectivity index (χ0n) is 14.6. The molecule has 0 saturated heterocycles. The predicted molar refractivity (Wildman–Crippen MR) is 107 cm³/mol. The molecule has 1 unspecified atom stereocenters. The van der Waals surface area contributed by atoms with Crippen molar-refractivity contribution in [3.63, 3.8) is 0 Å². The zero-order chi connectivity index (χ0) is 18.4. The predicted octanol–water partition coefficient (Wildman–Crippen LogP) is 6.40. The van der Waals surface area contributed by atoms with Crippen LogP contribution in [0.4, 0.5) is 0 Å². The average Bonchev–Trinajstić information content (AvgIpc) is 2.69. The minimum atomic E-state index is -0.323. The number of benzene rings is 3. The molecule has 0 amide bonds. The van der Waals surface area contributed by atoms with Gasteiger partial charge in [0.15, 0.2) is 0 Å². The third-order valence-electron chi connectivity index (χ3n) is 3.99. The van der Waals surface area contributed by atoms with Crippen LogP contribution in [0, 0.1) is 0 Å². The second kappa shape index (κ2) is 8.54. The second-order valence-corrected chi connectivity index (χ2v) is 7.00. The molecule has 3 heteroatoms. The number of hydrogen-bond donors (Lipinski definition) is 0. The van der Waals surface area contributed by atoms with Crippen LogP contribution < -0.4 is 0 Å². The van der Waals surface area contributed by atoms with Crippen LogP contribution in [0.3, 0.4) is 0 Å². The van der Waals surface area contributed by atoms with E-state index in [0.29, 0.717) is 5.56 Å².